The van der Waals surface area contributed by atoms with Gasteiger partial charge < -0.3 is 28.8 Å². The van der Waals surface area contributed by atoms with Crippen LogP contribution in [-0.2, 0) is 9.22 Å². The summed E-state index contributed by atoms with van der Waals surface area (Å²) in [6.45, 7) is 12.5. The molecule has 0 aromatic heterocycles. The third kappa shape index (κ3) is 8.00. The van der Waals surface area contributed by atoms with Gasteiger partial charge in [0.15, 0.2) is 24.2 Å². The first-order valence-corrected chi connectivity index (χ1v) is 17.9. The molecule has 0 bridgehead atoms. The molecular weight excluding hydrogens is 609 g/mol. The van der Waals surface area contributed by atoms with E-state index in [2.05, 4.69) is 58.5 Å². The number of hydrogen-bond donors (Lipinski definition) is 2. The molecule has 249 valence electrons. The van der Waals surface area contributed by atoms with E-state index in [1.54, 1.807) is 12.1 Å². The lowest BCUT2D eigenvalue weighted by Gasteiger charge is -2.46. The number of fused-ring (bicyclic) bond motifs is 2. The first kappa shape index (κ1) is 34.5. The van der Waals surface area contributed by atoms with Gasteiger partial charge in [0.25, 0.3) is 9.04 Å². The predicted octanol–water partition coefficient (Wildman–Crippen LogP) is 6.34. The second-order valence-corrected chi connectivity index (χ2v) is 15.6. The van der Waals surface area contributed by atoms with Crippen molar-refractivity contribution in [3.63, 3.8) is 0 Å². The highest BCUT2D eigenvalue weighted by Gasteiger charge is 2.63. The van der Waals surface area contributed by atoms with Crippen LogP contribution in [-0.4, -0.2) is 55.7 Å². The van der Waals surface area contributed by atoms with Gasteiger partial charge in [-0.2, -0.15) is 0 Å². The number of ether oxygens (including phenoxy) is 3. The standard InChI is InChI=1S/C39H47O7Si/c1-6-7-15-27(2)24-28(40)22-23-39(46-47(29-16-10-8-11-17-29)30-18-12-9-13-19-30)34(38(3,4)5)25-33-37(39)45-32-21-14-20-31(36(32)44-33)43-26-35(41)42/h8-14,16-23,28,33-34,37,40H,2,6-7,15,24-26H2,1,3-5H3,(H,41,42)/t28-,33+,34-,37-,39-/m1/s1. The number of rotatable bonds is 14. The summed E-state index contributed by atoms with van der Waals surface area (Å²) in [5, 5.41) is 22.8. The average Bonchev–Trinajstić information content (AvgIpc) is 3.37. The van der Waals surface area contributed by atoms with Gasteiger partial charge in [-0.25, -0.2) is 4.79 Å². The van der Waals surface area contributed by atoms with Crippen LogP contribution in [0.2, 0.25) is 0 Å². The van der Waals surface area contributed by atoms with Crippen LogP contribution in [0.5, 0.6) is 17.2 Å². The van der Waals surface area contributed by atoms with Crippen LogP contribution in [0.25, 0.3) is 0 Å². The Morgan fingerprint density at radius 2 is 1.70 bits per heavy atom. The summed E-state index contributed by atoms with van der Waals surface area (Å²) in [5.41, 5.74) is -0.224. The Bertz CT molecular complexity index is 1490. The second kappa shape index (κ2) is 14.9. The molecule has 0 saturated heterocycles. The molecule has 8 heteroatoms. The summed E-state index contributed by atoms with van der Waals surface area (Å²) < 4.78 is 26.7. The molecule has 1 radical (unpaired) electrons. The fourth-order valence-electron chi connectivity index (χ4n) is 6.75. The van der Waals surface area contributed by atoms with Gasteiger partial charge in [-0.3, -0.25) is 0 Å². The van der Waals surface area contributed by atoms with Gasteiger partial charge in [0.2, 0.25) is 5.75 Å². The number of carboxylic acid groups (broad SMARTS) is 1. The van der Waals surface area contributed by atoms with E-state index in [0.717, 1.165) is 35.2 Å². The molecule has 2 aliphatic rings. The van der Waals surface area contributed by atoms with Gasteiger partial charge in [-0.15, -0.1) is 0 Å². The van der Waals surface area contributed by atoms with Gasteiger partial charge in [0, 0.05) is 5.92 Å². The minimum Gasteiger partial charge on any atom is -0.479 e. The molecule has 0 spiro atoms. The summed E-state index contributed by atoms with van der Waals surface area (Å²) in [6.07, 6.45) is 6.27. The lowest BCUT2D eigenvalue weighted by molar-refractivity contribution is -0.139. The highest BCUT2D eigenvalue weighted by atomic mass is 28.3. The van der Waals surface area contributed by atoms with Crippen molar-refractivity contribution in [1.29, 1.82) is 0 Å². The summed E-state index contributed by atoms with van der Waals surface area (Å²) in [7, 11) is -1.84. The monoisotopic (exact) mass is 655 g/mol. The second-order valence-electron chi connectivity index (χ2n) is 13.6. The minimum atomic E-state index is -1.84. The van der Waals surface area contributed by atoms with E-state index in [9.17, 15) is 15.0 Å². The van der Waals surface area contributed by atoms with Gasteiger partial charge in [0.05, 0.1) is 6.10 Å². The third-order valence-electron chi connectivity index (χ3n) is 8.97. The van der Waals surface area contributed by atoms with Gasteiger partial charge in [-0.1, -0.05) is 125 Å². The minimum absolute atomic E-state index is 0.0816. The number of carbonyl (C=O) groups is 1. The van der Waals surface area contributed by atoms with Crippen molar-refractivity contribution >= 4 is 25.4 Å². The quantitative estimate of drug-likeness (QED) is 0.155. The maximum atomic E-state index is 11.3. The maximum Gasteiger partial charge on any atom is 0.341 e. The molecule has 47 heavy (non-hydrogen) atoms. The molecule has 3 aromatic carbocycles. The number of carboxylic acids is 1. The highest BCUT2D eigenvalue weighted by molar-refractivity contribution is 6.80. The first-order valence-electron chi connectivity index (χ1n) is 16.5. The Hall–Kier alpha value is -3.85. The number of aliphatic hydroxyl groups excluding tert-OH is 1. The molecule has 1 aliphatic heterocycles. The SMILES string of the molecule is C=C(CCCC)C[C@H](O)C=C[C@]1(O[Si](c2ccccc2)c2ccccc2)[C@@H]2Oc3cccc(OCC(=O)O)c3O[C@H]2C[C@@H]1C(C)(C)C. The molecule has 5 atom stereocenters. The molecule has 7 nitrogen and oxygen atoms in total. The van der Waals surface area contributed by atoms with E-state index < -0.39 is 45.5 Å². The smallest absolute Gasteiger partial charge is 0.341 e. The molecule has 5 rings (SSSR count). The van der Waals surface area contributed by atoms with Crippen LogP contribution in [0.4, 0.5) is 0 Å². The molecule has 1 aliphatic carbocycles. The highest BCUT2D eigenvalue weighted by Crippen LogP contribution is 2.55. The van der Waals surface area contributed by atoms with Gasteiger partial charge in [-0.05, 0) is 53.6 Å². The van der Waals surface area contributed by atoms with Crippen LogP contribution < -0.4 is 24.6 Å². The van der Waals surface area contributed by atoms with Crippen LogP contribution in [0, 0.1) is 11.3 Å². The van der Waals surface area contributed by atoms with Gasteiger partial charge >= 0.3 is 5.97 Å². The Kier molecular flexibility index (Phi) is 10.9. The van der Waals surface area contributed by atoms with Crippen molar-refractivity contribution in [1.82, 2.24) is 0 Å². The number of para-hydroxylation sites is 1. The normalized spacial score (nSPS) is 22.6. The lowest BCUT2D eigenvalue weighted by Crippen LogP contribution is -2.60. The zero-order valence-electron chi connectivity index (χ0n) is 27.9. The number of aliphatic carboxylic acids is 1. The van der Waals surface area contributed by atoms with Crippen molar-refractivity contribution in [2.24, 2.45) is 11.3 Å². The maximum absolute atomic E-state index is 11.3. The Morgan fingerprint density at radius 1 is 1.04 bits per heavy atom. The van der Waals surface area contributed by atoms with Crippen molar-refractivity contribution in [3.05, 3.63) is 103 Å². The first-order chi connectivity index (χ1) is 22.5. The van der Waals surface area contributed by atoms with Crippen molar-refractivity contribution in [2.45, 2.75) is 83.7 Å². The fraction of sp³-hybridized carbons (Fsp3) is 0.410. The van der Waals surface area contributed by atoms with Crippen LogP contribution in [0.1, 0.15) is 59.8 Å². The lowest BCUT2D eigenvalue weighted by atomic mass is 9.71. The Balaban J connectivity index is 1.62. The number of benzene rings is 3. The zero-order chi connectivity index (χ0) is 33.6. The van der Waals surface area contributed by atoms with Crippen molar-refractivity contribution in [3.8, 4) is 17.2 Å². The van der Waals surface area contributed by atoms with E-state index in [1.807, 2.05) is 54.6 Å². The topological polar surface area (TPSA) is 94.5 Å². The molecule has 0 unspecified atom stereocenters. The molecule has 2 N–H and O–H groups in total. The van der Waals surface area contributed by atoms with Gasteiger partial charge in [0.1, 0.15) is 11.7 Å². The molecule has 3 aromatic rings. The molecular formula is C39H47O7Si. The van der Waals surface area contributed by atoms with Crippen LogP contribution in [0.15, 0.2) is 103 Å². The Labute approximate surface area is 280 Å². The zero-order valence-corrected chi connectivity index (χ0v) is 28.9. The summed E-state index contributed by atoms with van der Waals surface area (Å²) in [5.74, 6) is 0.0276. The van der Waals surface area contributed by atoms with E-state index >= 15 is 0 Å². The summed E-state index contributed by atoms with van der Waals surface area (Å²) in [4.78, 5) is 11.3. The Morgan fingerprint density at radius 3 is 2.30 bits per heavy atom. The summed E-state index contributed by atoms with van der Waals surface area (Å²) >= 11 is 0. The van der Waals surface area contributed by atoms with E-state index in [-0.39, 0.29) is 11.3 Å². The van der Waals surface area contributed by atoms with E-state index in [4.69, 9.17) is 18.6 Å². The summed E-state index contributed by atoms with van der Waals surface area (Å²) in [6, 6.07) is 25.9. The molecule has 0 amide bonds. The third-order valence-corrected chi connectivity index (χ3v) is 11.2. The average molecular weight is 656 g/mol. The largest absolute Gasteiger partial charge is 0.479 e. The van der Waals surface area contributed by atoms with Crippen molar-refractivity contribution < 1.29 is 33.6 Å². The number of unbranched alkanes of at least 4 members (excludes halogenated alkanes) is 1. The number of aliphatic hydroxyl groups is 1. The van der Waals surface area contributed by atoms with Crippen molar-refractivity contribution in [2.75, 3.05) is 6.61 Å². The molecule has 1 fully saturated rings. The van der Waals surface area contributed by atoms with Crippen LogP contribution >= 0.6 is 0 Å². The molecule has 1 heterocycles. The van der Waals surface area contributed by atoms with E-state index in [0.29, 0.717) is 30.1 Å². The number of hydrogen-bond acceptors (Lipinski definition) is 6. The molecule has 1 saturated carbocycles. The van der Waals surface area contributed by atoms with Crippen LogP contribution in [0.3, 0.4) is 0 Å². The van der Waals surface area contributed by atoms with E-state index in [1.165, 1.54) is 0 Å². The fourth-order valence-corrected chi connectivity index (χ4v) is 8.99. The predicted molar refractivity (Wildman–Crippen MR) is 186 cm³/mol.